The Morgan fingerprint density at radius 1 is 1.52 bits per heavy atom. The minimum absolute atomic E-state index is 0.189. The number of tetrazole rings is 1. The van der Waals surface area contributed by atoms with Crippen molar-refractivity contribution in [3.63, 3.8) is 0 Å². The first-order chi connectivity index (χ1) is 11.1. The van der Waals surface area contributed by atoms with Gasteiger partial charge in [0.25, 0.3) is 0 Å². The summed E-state index contributed by atoms with van der Waals surface area (Å²) < 4.78 is 0. The predicted octanol–water partition coefficient (Wildman–Crippen LogP) is 2.19. The highest BCUT2D eigenvalue weighted by atomic mass is 32.1. The van der Waals surface area contributed by atoms with Crippen molar-refractivity contribution in [1.29, 1.82) is 5.26 Å². The molecule has 0 aliphatic heterocycles. The molecule has 2 aromatic heterocycles. The van der Waals surface area contributed by atoms with Gasteiger partial charge in [0, 0.05) is 15.8 Å². The van der Waals surface area contributed by atoms with Gasteiger partial charge in [-0.1, -0.05) is 4.80 Å². The van der Waals surface area contributed by atoms with Gasteiger partial charge in [-0.05, 0) is 43.1 Å². The molecule has 3 rings (SSSR count). The Kier molecular flexibility index (Phi) is 4.12. The fourth-order valence-electron chi connectivity index (χ4n) is 2.53. The Hall–Kier alpha value is -2.67. The van der Waals surface area contributed by atoms with E-state index in [4.69, 9.17) is 0 Å². The molecule has 0 amide bonds. The number of nitrogens with zero attached hydrogens (tertiary/aromatic N) is 7. The van der Waals surface area contributed by atoms with Crippen molar-refractivity contribution in [2.45, 2.75) is 39.2 Å². The van der Waals surface area contributed by atoms with Crippen molar-refractivity contribution in [2.24, 2.45) is 4.99 Å². The second-order valence-electron chi connectivity index (χ2n) is 5.23. The van der Waals surface area contributed by atoms with Crippen molar-refractivity contribution in [1.82, 2.24) is 20.2 Å². The van der Waals surface area contributed by atoms with Crippen LogP contribution in [0.3, 0.4) is 0 Å². The lowest BCUT2D eigenvalue weighted by Crippen LogP contribution is -2.10. The molecule has 1 aliphatic carbocycles. The minimum Gasteiger partial charge on any atom is -0.390 e. The van der Waals surface area contributed by atoms with Gasteiger partial charge in [-0.2, -0.15) is 5.26 Å². The number of fused-ring (bicyclic) bond motifs is 1. The molecule has 0 saturated heterocycles. The largest absolute Gasteiger partial charge is 0.514 e. The maximum absolute atomic E-state index is 10.5. The molecule has 23 heavy (non-hydrogen) atoms. The van der Waals surface area contributed by atoms with Crippen LogP contribution in [0.2, 0.25) is 0 Å². The smallest absolute Gasteiger partial charge is 0.390 e. The molecule has 1 aliphatic rings. The number of hydrogen-bond donors (Lipinski definition) is 0. The number of aliphatic imine (C=N–C) groups is 1. The van der Waals surface area contributed by atoms with Gasteiger partial charge in [0.15, 0.2) is 0 Å². The number of aryl methyl sites for hydroxylation is 1. The molecule has 0 N–H and O–H groups in total. The summed E-state index contributed by atoms with van der Waals surface area (Å²) >= 11 is 1.55. The molecular formula is C13H13N7O2S. The number of nitriles is 1. The molecule has 0 fully saturated rings. The zero-order valence-corrected chi connectivity index (χ0v) is 13.2. The van der Waals surface area contributed by atoms with Crippen molar-refractivity contribution in [3.8, 4) is 6.07 Å². The first-order valence-corrected chi connectivity index (χ1v) is 7.91. The molecular weight excluding hydrogens is 318 g/mol. The second-order valence-corrected chi connectivity index (χ2v) is 6.31. The normalized spacial score (nSPS) is 14.3. The quantitative estimate of drug-likeness (QED) is 0.480. The maximum Gasteiger partial charge on any atom is 0.514 e. The van der Waals surface area contributed by atoms with E-state index in [1.54, 1.807) is 18.3 Å². The van der Waals surface area contributed by atoms with Gasteiger partial charge in [0.2, 0.25) is 0 Å². The van der Waals surface area contributed by atoms with Crippen LogP contribution in [0.15, 0.2) is 4.99 Å². The highest BCUT2D eigenvalue weighted by Crippen LogP contribution is 2.39. The van der Waals surface area contributed by atoms with E-state index in [0.717, 1.165) is 36.0 Å². The van der Waals surface area contributed by atoms with Crippen LogP contribution in [0.25, 0.3) is 0 Å². The van der Waals surface area contributed by atoms with E-state index >= 15 is 0 Å². The third-order valence-electron chi connectivity index (χ3n) is 3.53. The van der Waals surface area contributed by atoms with Crippen LogP contribution in [0.4, 0.5) is 10.9 Å². The van der Waals surface area contributed by atoms with E-state index in [1.165, 1.54) is 4.88 Å². The van der Waals surface area contributed by atoms with Crippen LogP contribution in [0.5, 0.6) is 0 Å². The van der Waals surface area contributed by atoms with E-state index in [1.807, 2.05) is 0 Å². The van der Waals surface area contributed by atoms with Crippen molar-refractivity contribution in [2.75, 3.05) is 0 Å². The summed E-state index contributed by atoms with van der Waals surface area (Å²) in [7, 11) is 0. The molecule has 0 bridgehead atoms. The summed E-state index contributed by atoms with van der Waals surface area (Å²) in [5.41, 5.74) is 2.44. The summed E-state index contributed by atoms with van der Waals surface area (Å²) in [6.07, 6.45) is 4.18. The predicted molar refractivity (Wildman–Crippen MR) is 82.9 cm³/mol. The first-order valence-electron chi connectivity index (χ1n) is 7.09. The van der Waals surface area contributed by atoms with E-state index < -0.39 is 10.9 Å². The number of rotatable bonds is 4. The number of hydrogen-bond acceptors (Lipinski definition) is 8. The highest BCUT2D eigenvalue weighted by Gasteiger charge is 2.21. The van der Waals surface area contributed by atoms with Gasteiger partial charge in [-0.3, -0.25) is 0 Å². The number of thiophene rings is 1. The molecule has 10 heteroatoms. The van der Waals surface area contributed by atoms with E-state index in [9.17, 15) is 15.4 Å². The van der Waals surface area contributed by atoms with Crippen molar-refractivity contribution < 1.29 is 4.92 Å². The monoisotopic (exact) mass is 331 g/mol. The van der Waals surface area contributed by atoms with E-state index in [-0.39, 0.29) is 6.54 Å². The lowest BCUT2D eigenvalue weighted by molar-refractivity contribution is -0.394. The molecule has 118 valence electrons. The third-order valence-corrected chi connectivity index (χ3v) is 4.72. The van der Waals surface area contributed by atoms with Crippen LogP contribution in [-0.4, -0.2) is 30.8 Å². The van der Waals surface area contributed by atoms with Crippen LogP contribution in [0, 0.1) is 21.4 Å². The highest BCUT2D eigenvalue weighted by molar-refractivity contribution is 7.16. The minimum atomic E-state index is -0.697. The van der Waals surface area contributed by atoms with Gasteiger partial charge in [0.1, 0.15) is 17.6 Å². The van der Waals surface area contributed by atoms with Crippen LogP contribution in [-0.2, 0) is 19.4 Å². The number of aromatic nitrogens is 4. The summed E-state index contributed by atoms with van der Waals surface area (Å²) in [6, 6.07) is 2.26. The Morgan fingerprint density at radius 3 is 3.00 bits per heavy atom. The molecule has 0 saturated carbocycles. The Morgan fingerprint density at radius 2 is 2.30 bits per heavy atom. The molecule has 2 aromatic rings. The standard InChI is InChI=1S/C13H13N7O2S/c1-8(7-19-17-13(16-18-19)20(21)22)15-12-10(6-14)9-4-2-3-5-11(9)23-12/h2-5,7H2,1H3/b15-8+. The topological polar surface area (TPSA) is 123 Å². The first kappa shape index (κ1) is 15.2. The average molecular weight is 331 g/mol. The Labute approximate surface area is 135 Å². The molecule has 0 atom stereocenters. The number of nitro groups is 1. The van der Waals surface area contributed by atoms with E-state index in [2.05, 4.69) is 26.5 Å². The molecule has 0 aromatic carbocycles. The molecule has 0 spiro atoms. The summed E-state index contributed by atoms with van der Waals surface area (Å²) in [5.74, 6) is -0.540. The van der Waals surface area contributed by atoms with E-state index in [0.29, 0.717) is 16.3 Å². The molecule has 0 radical (unpaired) electrons. The second kappa shape index (κ2) is 6.21. The van der Waals surface area contributed by atoms with Gasteiger partial charge < -0.3 is 10.1 Å². The lowest BCUT2D eigenvalue weighted by Gasteiger charge is -2.09. The fraction of sp³-hybridized carbons (Fsp3) is 0.462. The lowest BCUT2D eigenvalue weighted by atomic mass is 9.96. The van der Waals surface area contributed by atoms with Crippen LogP contribution < -0.4 is 0 Å². The van der Waals surface area contributed by atoms with Crippen LogP contribution in [0.1, 0.15) is 35.8 Å². The Balaban J connectivity index is 1.84. The summed E-state index contributed by atoms with van der Waals surface area (Å²) in [6.45, 7) is 1.96. The Bertz CT molecular complexity index is 830. The van der Waals surface area contributed by atoms with Gasteiger partial charge in [0.05, 0.1) is 15.8 Å². The summed E-state index contributed by atoms with van der Waals surface area (Å²) in [5, 5.41) is 31.3. The third kappa shape index (κ3) is 3.09. The molecule has 0 unspecified atom stereocenters. The van der Waals surface area contributed by atoms with Gasteiger partial charge in [-0.15, -0.1) is 11.3 Å². The van der Waals surface area contributed by atoms with Gasteiger partial charge >= 0.3 is 5.95 Å². The van der Waals surface area contributed by atoms with Gasteiger partial charge in [-0.25, -0.2) is 4.99 Å². The SMILES string of the molecule is C/C(Cn1nnc([N+](=O)[O-])n1)=N\c1sc2c(c1C#N)CCCC2. The molecule has 9 nitrogen and oxygen atoms in total. The zero-order chi connectivity index (χ0) is 16.4. The fourth-order valence-corrected chi connectivity index (χ4v) is 3.81. The molecule has 2 heterocycles. The van der Waals surface area contributed by atoms with Crippen LogP contribution >= 0.6 is 11.3 Å². The zero-order valence-electron chi connectivity index (χ0n) is 12.4. The van der Waals surface area contributed by atoms with Crippen molar-refractivity contribution >= 4 is 28.0 Å². The van der Waals surface area contributed by atoms with Crippen molar-refractivity contribution in [3.05, 3.63) is 26.1 Å². The summed E-state index contributed by atoms with van der Waals surface area (Å²) in [4.78, 5) is 16.7. The maximum atomic E-state index is 10.5. The average Bonchev–Trinajstić information content (AvgIpc) is 3.11.